The van der Waals surface area contributed by atoms with Crippen molar-refractivity contribution in [2.45, 2.75) is 45.4 Å². The molecule has 1 saturated heterocycles. The molecule has 0 aromatic heterocycles. The molecule has 1 aromatic rings. The number of aryl methyl sites for hydroxylation is 1. The lowest BCUT2D eigenvalue weighted by atomic mass is 9.97. The topological polar surface area (TPSA) is 49.4 Å². The second kappa shape index (κ2) is 7.65. The summed E-state index contributed by atoms with van der Waals surface area (Å²) >= 11 is 0. The number of hydrogen-bond donors (Lipinski definition) is 1. The number of carbonyl (C=O) groups excluding carboxylic acids is 2. The molecular formula is C20H26N2O2. The van der Waals surface area contributed by atoms with Crippen LogP contribution in [-0.2, 0) is 9.59 Å². The second-order valence-corrected chi connectivity index (χ2v) is 6.96. The summed E-state index contributed by atoms with van der Waals surface area (Å²) in [5, 5.41) is 2.94. The van der Waals surface area contributed by atoms with E-state index in [-0.39, 0.29) is 17.7 Å². The van der Waals surface area contributed by atoms with Gasteiger partial charge in [-0.2, -0.15) is 0 Å². The summed E-state index contributed by atoms with van der Waals surface area (Å²) in [5.41, 5.74) is 3.39. The first-order chi connectivity index (χ1) is 11.6. The van der Waals surface area contributed by atoms with Crippen LogP contribution in [0.3, 0.4) is 0 Å². The number of nitrogens with zero attached hydrogens (tertiary/aromatic N) is 1. The minimum absolute atomic E-state index is 0.0478. The van der Waals surface area contributed by atoms with Gasteiger partial charge in [-0.1, -0.05) is 23.8 Å². The number of allylic oxidation sites excluding steroid dienone is 1. The molecule has 0 bridgehead atoms. The molecule has 4 nitrogen and oxygen atoms in total. The molecule has 1 atom stereocenters. The van der Waals surface area contributed by atoms with E-state index < -0.39 is 0 Å². The zero-order chi connectivity index (χ0) is 16.9. The Kier molecular flexibility index (Phi) is 5.34. The third kappa shape index (κ3) is 4.25. The van der Waals surface area contributed by atoms with Crippen LogP contribution in [0.25, 0.3) is 0 Å². The standard InChI is InChI=1S/C20H26N2O2/c1-15-6-5-9-18(12-15)21-20(24)17-13-19(23)22(14-17)11-10-16-7-3-2-4-8-16/h5-7,9,12,17H,2-4,8,10-11,13-14H2,1H3,(H,21,24). The molecule has 0 spiro atoms. The maximum atomic E-state index is 12.4. The highest BCUT2D eigenvalue weighted by atomic mass is 16.2. The first-order valence-corrected chi connectivity index (χ1v) is 8.95. The Morgan fingerprint density at radius 3 is 2.96 bits per heavy atom. The molecule has 3 rings (SSSR count). The van der Waals surface area contributed by atoms with Crippen molar-refractivity contribution in [3.63, 3.8) is 0 Å². The van der Waals surface area contributed by atoms with Gasteiger partial charge in [-0.05, 0) is 56.7 Å². The van der Waals surface area contributed by atoms with Crippen molar-refractivity contribution >= 4 is 17.5 Å². The van der Waals surface area contributed by atoms with Crippen molar-refractivity contribution in [3.05, 3.63) is 41.5 Å². The molecule has 24 heavy (non-hydrogen) atoms. The number of rotatable bonds is 5. The SMILES string of the molecule is Cc1cccc(NC(=O)C2CC(=O)N(CCC3=CCCCC3)C2)c1. The fraction of sp³-hybridized carbons (Fsp3) is 0.500. The Morgan fingerprint density at radius 1 is 1.33 bits per heavy atom. The molecule has 1 fully saturated rings. The summed E-state index contributed by atoms with van der Waals surface area (Å²) in [6, 6.07) is 7.75. The van der Waals surface area contributed by atoms with Crippen LogP contribution in [0.5, 0.6) is 0 Å². The summed E-state index contributed by atoms with van der Waals surface area (Å²) in [4.78, 5) is 26.5. The van der Waals surface area contributed by atoms with Gasteiger partial charge in [-0.25, -0.2) is 0 Å². The summed E-state index contributed by atoms with van der Waals surface area (Å²) in [5.74, 6) is -0.178. The largest absolute Gasteiger partial charge is 0.342 e. The average Bonchev–Trinajstić information content (AvgIpc) is 2.95. The first-order valence-electron chi connectivity index (χ1n) is 8.95. The van der Waals surface area contributed by atoms with E-state index >= 15 is 0 Å². The maximum absolute atomic E-state index is 12.4. The predicted octanol–water partition coefficient (Wildman–Crippen LogP) is 3.67. The van der Waals surface area contributed by atoms with Crippen LogP contribution in [0.2, 0.25) is 0 Å². The van der Waals surface area contributed by atoms with Crippen LogP contribution in [0.4, 0.5) is 5.69 Å². The van der Waals surface area contributed by atoms with Crippen LogP contribution in [0, 0.1) is 12.8 Å². The lowest BCUT2D eigenvalue weighted by Crippen LogP contribution is -2.29. The fourth-order valence-corrected chi connectivity index (χ4v) is 3.54. The lowest BCUT2D eigenvalue weighted by Gasteiger charge is -2.19. The average molecular weight is 326 g/mol. The molecule has 1 N–H and O–H groups in total. The highest BCUT2D eigenvalue weighted by Crippen LogP contribution is 2.24. The molecule has 128 valence electrons. The third-order valence-corrected chi connectivity index (χ3v) is 4.96. The normalized spacial score (nSPS) is 20.9. The summed E-state index contributed by atoms with van der Waals surface area (Å²) < 4.78 is 0. The van der Waals surface area contributed by atoms with Crippen LogP contribution >= 0.6 is 0 Å². The molecule has 4 heteroatoms. The number of benzene rings is 1. The van der Waals surface area contributed by atoms with Gasteiger partial charge in [0.2, 0.25) is 11.8 Å². The van der Waals surface area contributed by atoms with Crippen LogP contribution in [-0.4, -0.2) is 29.8 Å². The van der Waals surface area contributed by atoms with Crippen LogP contribution in [0.1, 0.15) is 44.1 Å². The first kappa shape index (κ1) is 16.7. The molecule has 0 radical (unpaired) electrons. The maximum Gasteiger partial charge on any atom is 0.229 e. The van der Waals surface area contributed by atoms with Crippen LogP contribution < -0.4 is 5.32 Å². The second-order valence-electron chi connectivity index (χ2n) is 6.96. The van der Waals surface area contributed by atoms with Gasteiger partial charge in [0.1, 0.15) is 0 Å². The van der Waals surface area contributed by atoms with Gasteiger partial charge in [-0.15, -0.1) is 0 Å². The molecule has 1 aromatic carbocycles. The molecule has 1 unspecified atom stereocenters. The highest BCUT2D eigenvalue weighted by molar-refractivity contribution is 5.97. The summed E-state index contributed by atoms with van der Waals surface area (Å²) in [7, 11) is 0. The number of likely N-dealkylation sites (tertiary alicyclic amines) is 1. The van der Waals surface area contributed by atoms with Crippen molar-refractivity contribution in [2.75, 3.05) is 18.4 Å². The number of hydrogen-bond acceptors (Lipinski definition) is 2. The smallest absolute Gasteiger partial charge is 0.229 e. The molecule has 1 aliphatic carbocycles. The van der Waals surface area contributed by atoms with Gasteiger partial charge < -0.3 is 10.2 Å². The van der Waals surface area contributed by atoms with Gasteiger partial charge in [0, 0.05) is 25.2 Å². The van der Waals surface area contributed by atoms with Crippen molar-refractivity contribution in [1.82, 2.24) is 4.90 Å². The number of anilines is 1. The van der Waals surface area contributed by atoms with Crippen molar-refractivity contribution in [3.8, 4) is 0 Å². The Hall–Kier alpha value is -2.10. The zero-order valence-electron chi connectivity index (χ0n) is 14.4. The highest BCUT2D eigenvalue weighted by Gasteiger charge is 2.34. The number of nitrogens with one attached hydrogen (secondary N) is 1. The van der Waals surface area contributed by atoms with E-state index in [4.69, 9.17) is 0 Å². The van der Waals surface area contributed by atoms with E-state index in [1.807, 2.05) is 36.1 Å². The quantitative estimate of drug-likeness (QED) is 0.839. The molecule has 2 amide bonds. The summed E-state index contributed by atoms with van der Waals surface area (Å²) in [6.45, 7) is 3.29. The zero-order valence-corrected chi connectivity index (χ0v) is 14.4. The Labute approximate surface area is 143 Å². The minimum Gasteiger partial charge on any atom is -0.342 e. The van der Waals surface area contributed by atoms with E-state index in [9.17, 15) is 9.59 Å². The van der Waals surface area contributed by atoms with E-state index in [2.05, 4.69) is 11.4 Å². The predicted molar refractivity (Wildman–Crippen MR) is 95.7 cm³/mol. The van der Waals surface area contributed by atoms with Gasteiger partial charge in [0.05, 0.1) is 5.92 Å². The van der Waals surface area contributed by atoms with E-state index in [0.717, 1.165) is 24.2 Å². The lowest BCUT2D eigenvalue weighted by molar-refractivity contribution is -0.128. The van der Waals surface area contributed by atoms with Gasteiger partial charge in [-0.3, -0.25) is 9.59 Å². The van der Waals surface area contributed by atoms with Gasteiger partial charge in [0.15, 0.2) is 0 Å². The summed E-state index contributed by atoms with van der Waals surface area (Å²) in [6.07, 6.45) is 8.50. The van der Waals surface area contributed by atoms with Crippen molar-refractivity contribution < 1.29 is 9.59 Å². The number of amides is 2. The minimum atomic E-state index is -0.238. The molecular weight excluding hydrogens is 300 g/mol. The molecule has 2 aliphatic rings. The van der Waals surface area contributed by atoms with E-state index in [1.165, 1.54) is 31.3 Å². The Morgan fingerprint density at radius 2 is 2.21 bits per heavy atom. The number of carbonyl (C=O) groups is 2. The molecule has 0 saturated carbocycles. The molecule has 1 aliphatic heterocycles. The Balaban J connectivity index is 1.52. The van der Waals surface area contributed by atoms with Gasteiger partial charge >= 0.3 is 0 Å². The van der Waals surface area contributed by atoms with Crippen LogP contribution in [0.15, 0.2) is 35.9 Å². The van der Waals surface area contributed by atoms with E-state index in [1.54, 1.807) is 0 Å². The Bertz CT molecular complexity index is 651. The fourth-order valence-electron chi connectivity index (χ4n) is 3.54. The molecule has 1 heterocycles. The monoisotopic (exact) mass is 326 g/mol. The third-order valence-electron chi connectivity index (χ3n) is 4.96. The van der Waals surface area contributed by atoms with Gasteiger partial charge in [0.25, 0.3) is 0 Å². The van der Waals surface area contributed by atoms with E-state index in [0.29, 0.717) is 13.0 Å². The van der Waals surface area contributed by atoms with Crippen molar-refractivity contribution in [2.24, 2.45) is 5.92 Å². The van der Waals surface area contributed by atoms with Crippen molar-refractivity contribution in [1.29, 1.82) is 0 Å².